The van der Waals surface area contributed by atoms with Gasteiger partial charge in [0.2, 0.25) is 12.7 Å². The average Bonchev–Trinajstić information content (AvgIpc) is 3.33. The lowest BCUT2D eigenvalue weighted by atomic mass is 10.1. The number of nitro groups is 1. The number of nitrogens with zero attached hydrogens (tertiary/aromatic N) is 2. The van der Waals surface area contributed by atoms with E-state index in [0.29, 0.717) is 11.3 Å². The third kappa shape index (κ3) is 2.96. The van der Waals surface area contributed by atoms with Crippen LogP contribution in [-0.2, 0) is 9.53 Å². The van der Waals surface area contributed by atoms with E-state index in [1.807, 2.05) is 36.4 Å². The minimum atomic E-state index is -0.680. The highest BCUT2D eigenvalue weighted by Crippen LogP contribution is 2.39. The second kappa shape index (κ2) is 6.45. The maximum atomic E-state index is 12.3. The first-order chi connectivity index (χ1) is 14.1. The quantitative estimate of drug-likeness (QED) is 0.293. The van der Waals surface area contributed by atoms with Crippen LogP contribution in [0.15, 0.2) is 65.3 Å². The summed E-state index contributed by atoms with van der Waals surface area (Å²) >= 11 is 0. The van der Waals surface area contributed by atoms with Gasteiger partial charge in [0.05, 0.1) is 16.6 Å². The molecule has 0 fully saturated rings. The minimum absolute atomic E-state index is 0.0151. The van der Waals surface area contributed by atoms with Gasteiger partial charge in [-0.15, -0.1) is 0 Å². The molecule has 0 amide bonds. The fourth-order valence-corrected chi connectivity index (χ4v) is 3.22. The summed E-state index contributed by atoms with van der Waals surface area (Å²) in [5.41, 5.74) is 0.564. The largest absolute Gasteiger partial charge is 0.454 e. The molecule has 0 atom stereocenters. The molecule has 0 aromatic heterocycles. The predicted octanol–water partition coefficient (Wildman–Crippen LogP) is 3.82. The van der Waals surface area contributed by atoms with Gasteiger partial charge < -0.3 is 14.2 Å². The van der Waals surface area contributed by atoms with E-state index in [-0.39, 0.29) is 35.4 Å². The molecule has 5 rings (SSSR count). The van der Waals surface area contributed by atoms with Crippen molar-refractivity contribution in [3.05, 3.63) is 81.5 Å². The number of benzene rings is 3. The zero-order chi connectivity index (χ0) is 20.0. The van der Waals surface area contributed by atoms with E-state index in [0.717, 1.165) is 10.8 Å². The van der Waals surface area contributed by atoms with Gasteiger partial charge in [-0.1, -0.05) is 30.3 Å². The Morgan fingerprint density at radius 2 is 1.76 bits per heavy atom. The molecule has 0 bridgehead atoms. The Hall–Kier alpha value is -4.20. The van der Waals surface area contributed by atoms with E-state index >= 15 is 0 Å². The molecule has 2 aliphatic rings. The molecule has 3 aromatic rings. The maximum Gasteiger partial charge on any atom is 0.363 e. The van der Waals surface area contributed by atoms with Crippen molar-refractivity contribution in [1.29, 1.82) is 0 Å². The first kappa shape index (κ1) is 16.9. The molecule has 29 heavy (non-hydrogen) atoms. The molecule has 0 spiro atoms. The number of carbonyl (C=O) groups is 1. The topological polar surface area (TPSA) is 100 Å². The Kier molecular flexibility index (Phi) is 3.77. The van der Waals surface area contributed by atoms with Gasteiger partial charge in [-0.2, -0.15) is 0 Å². The standard InChI is InChI=1S/C21H12N2O6/c24-21-16(8-15-9-18-19(28-11-27-18)10-17(15)23(25)26)22-20(29-21)14-6-5-12-3-1-2-4-13(12)7-14/h1-10H,11H2/b16-8-. The van der Waals surface area contributed by atoms with Crippen molar-refractivity contribution in [2.45, 2.75) is 0 Å². The van der Waals surface area contributed by atoms with Crippen molar-refractivity contribution < 1.29 is 23.9 Å². The minimum Gasteiger partial charge on any atom is -0.454 e. The van der Waals surface area contributed by atoms with E-state index in [1.54, 1.807) is 6.07 Å². The van der Waals surface area contributed by atoms with Crippen molar-refractivity contribution in [3.63, 3.8) is 0 Å². The molecule has 0 aliphatic carbocycles. The van der Waals surface area contributed by atoms with Crippen LogP contribution >= 0.6 is 0 Å². The lowest BCUT2D eigenvalue weighted by Gasteiger charge is -2.02. The van der Waals surface area contributed by atoms with Crippen LogP contribution < -0.4 is 9.47 Å². The Labute approximate surface area is 163 Å². The van der Waals surface area contributed by atoms with Crippen molar-refractivity contribution in [2.24, 2.45) is 4.99 Å². The van der Waals surface area contributed by atoms with Gasteiger partial charge in [0.15, 0.2) is 17.2 Å². The van der Waals surface area contributed by atoms with Crippen molar-refractivity contribution in [3.8, 4) is 11.5 Å². The molecule has 0 saturated heterocycles. The lowest BCUT2D eigenvalue weighted by molar-refractivity contribution is -0.385. The zero-order valence-corrected chi connectivity index (χ0v) is 14.8. The molecule has 2 heterocycles. The summed E-state index contributed by atoms with van der Waals surface area (Å²) in [4.78, 5) is 27.4. The Morgan fingerprint density at radius 1 is 1.00 bits per heavy atom. The highest BCUT2D eigenvalue weighted by atomic mass is 16.7. The summed E-state index contributed by atoms with van der Waals surface area (Å²) in [5, 5.41) is 13.4. The molecule has 8 nitrogen and oxygen atoms in total. The second-order valence-corrected chi connectivity index (χ2v) is 6.42. The average molecular weight is 388 g/mol. The van der Waals surface area contributed by atoms with Crippen LogP contribution in [0.3, 0.4) is 0 Å². The molecule has 8 heteroatoms. The molecular formula is C21H12N2O6. The molecule has 2 aliphatic heterocycles. The van der Waals surface area contributed by atoms with Gasteiger partial charge in [0.1, 0.15) is 0 Å². The fourth-order valence-electron chi connectivity index (χ4n) is 3.22. The van der Waals surface area contributed by atoms with E-state index < -0.39 is 10.9 Å². The van der Waals surface area contributed by atoms with Gasteiger partial charge in [-0.25, -0.2) is 9.79 Å². The predicted molar refractivity (Wildman–Crippen MR) is 104 cm³/mol. The highest BCUT2D eigenvalue weighted by molar-refractivity contribution is 6.13. The SMILES string of the molecule is O=C1OC(c2ccc3ccccc3c2)=N/C1=C\c1cc2c(cc1[N+](=O)[O-])OCO2. The maximum absolute atomic E-state index is 12.3. The number of fused-ring (bicyclic) bond motifs is 2. The van der Waals surface area contributed by atoms with Crippen molar-refractivity contribution in [1.82, 2.24) is 0 Å². The van der Waals surface area contributed by atoms with Gasteiger partial charge in [0.25, 0.3) is 5.69 Å². The Morgan fingerprint density at radius 3 is 2.55 bits per heavy atom. The van der Waals surface area contributed by atoms with E-state index in [2.05, 4.69) is 4.99 Å². The summed E-state index contributed by atoms with van der Waals surface area (Å²) in [6.45, 7) is -0.0151. The molecule has 0 N–H and O–H groups in total. The first-order valence-corrected chi connectivity index (χ1v) is 8.68. The van der Waals surface area contributed by atoms with Crippen LogP contribution in [0, 0.1) is 10.1 Å². The Bertz CT molecular complexity index is 1260. The summed E-state index contributed by atoms with van der Waals surface area (Å²) < 4.78 is 15.7. The van der Waals surface area contributed by atoms with E-state index in [9.17, 15) is 14.9 Å². The Balaban J connectivity index is 1.56. The molecule has 142 valence electrons. The van der Waals surface area contributed by atoms with Crippen LogP contribution in [0.1, 0.15) is 11.1 Å². The van der Waals surface area contributed by atoms with Crippen LogP contribution in [-0.4, -0.2) is 23.6 Å². The van der Waals surface area contributed by atoms with Gasteiger partial charge in [-0.3, -0.25) is 10.1 Å². The monoisotopic (exact) mass is 388 g/mol. The molecular weight excluding hydrogens is 376 g/mol. The van der Waals surface area contributed by atoms with Crippen LogP contribution in [0.4, 0.5) is 5.69 Å². The number of nitro benzene ring substituents is 1. The first-order valence-electron chi connectivity index (χ1n) is 8.68. The smallest absolute Gasteiger partial charge is 0.363 e. The van der Waals surface area contributed by atoms with Gasteiger partial charge in [-0.05, 0) is 35.0 Å². The van der Waals surface area contributed by atoms with E-state index in [1.165, 1.54) is 18.2 Å². The lowest BCUT2D eigenvalue weighted by Crippen LogP contribution is -2.05. The fraction of sp³-hybridized carbons (Fsp3) is 0.0476. The molecule has 0 saturated carbocycles. The third-order valence-electron chi connectivity index (χ3n) is 4.63. The third-order valence-corrected chi connectivity index (χ3v) is 4.63. The number of ether oxygens (including phenoxy) is 3. The van der Waals surface area contributed by atoms with Crippen LogP contribution in [0.25, 0.3) is 16.8 Å². The van der Waals surface area contributed by atoms with Crippen molar-refractivity contribution >= 4 is 34.4 Å². The summed E-state index contributed by atoms with van der Waals surface area (Å²) in [5.74, 6) is 0.122. The summed E-state index contributed by atoms with van der Waals surface area (Å²) in [6, 6.07) is 16.1. The molecule has 0 unspecified atom stereocenters. The van der Waals surface area contributed by atoms with Crippen LogP contribution in [0.2, 0.25) is 0 Å². The number of hydrogen-bond donors (Lipinski definition) is 0. The number of esters is 1. The van der Waals surface area contributed by atoms with Crippen LogP contribution in [0.5, 0.6) is 11.5 Å². The number of cyclic esters (lactones) is 1. The number of aliphatic imine (C=N–C) groups is 1. The van der Waals surface area contributed by atoms with Gasteiger partial charge >= 0.3 is 5.97 Å². The van der Waals surface area contributed by atoms with E-state index in [4.69, 9.17) is 14.2 Å². The number of rotatable bonds is 3. The number of carbonyl (C=O) groups excluding carboxylic acids is 1. The number of hydrogen-bond acceptors (Lipinski definition) is 7. The van der Waals surface area contributed by atoms with Crippen molar-refractivity contribution in [2.75, 3.05) is 6.79 Å². The highest BCUT2D eigenvalue weighted by Gasteiger charge is 2.27. The van der Waals surface area contributed by atoms with Gasteiger partial charge in [0, 0.05) is 5.56 Å². The molecule has 0 radical (unpaired) electrons. The zero-order valence-electron chi connectivity index (χ0n) is 14.8. The normalized spacial score (nSPS) is 16.2. The second-order valence-electron chi connectivity index (χ2n) is 6.42. The molecule has 3 aromatic carbocycles. The summed E-state index contributed by atoms with van der Waals surface area (Å²) in [6.07, 6.45) is 1.32. The summed E-state index contributed by atoms with van der Waals surface area (Å²) in [7, 11) is 0.